The first-order valence-corrected chi connectivity index (χ1v) is 8.82. The highest BCUT2D eigenvalue weighted by atomic mass is 16.7. The van der Waals surface area contributed by atoms with Gasteiger partial charge in [-0.05, 0) is 31.1 Å². The van der Waals surface area contributed by atoms with Crippen LogP contribution in [-0.4, -0.2) is 25.3 Å². The molecule has 3 fully saturated rings. The molecule has 4 aliphatic heterocycles. The van der Waals surface area contributed by atoms with Crippen molar-refractivity contribution >= 4 is 0 Å². The van der Waals surface area contributed by atoms with Gasteiger partial charge in [0, 0.05) is 12.0 Å². The Hall–Kier alpha value is -1.72. The molecule has 0 unspecified atom stereocenters. The molecule has 126 valence electrons. The molecule has 1 aromatic rings. The van der Waals surface area contributed by atoms with E-state index in [9.17, 15) is 0 Å². The van der Waals surface area contributed by atoms with Crippen LogP contribution >= 0.6 is 0 Å². The number of benzene rings is 1. The van der Waals surface area contributed by atoms with Crippen molar-refractivity contribution in [2.45, 2.75) is 49.6 Å². The first-order valence-electron chi connectivity index (χ1n) is 8.82. The van der Waals surface area contributed by atoms with Crippen LogP contribution in [0.15, 0.2) is 30.5 Å². The van der Waals surface area contributed by atoms with E-state index in [0.29, 0.717) is 6.61 Å². The lowest BCUT2D eigenvalue weighted by molar-refractivity contribution is -0.211. The summed E-state index contributed by atoms with van der Waals surface area (Å²) in [7, 11) is 0. The molecule has 1 aromatic carbocycles. The number of rotatable bonds is 1. The average molecular weight is 328 g/mol. The largest absolute Gasteiger partial charge is 0.487 e. The molecule has 4 heterocycles. The first kappa shape index (κ1) is 13.6. The molecule has 0 N–H and O–H groups in total. The third-order valence-electron chi connectivity index (χ3n) is 6.76. The molecule has 6 rings (SSSR count). The number of hydrogen-bond acceptors (Lipinski definition) is 5. The molecule has 0 aromatic heterocycles. The predicted molar refractivity (Wildman–Crippen MR) is 83.5 cm³/mol. The Morgan fingerprint density at radius 2 is 1.96 bits per heavy atom. The number of ether oxygens (including phenoxy) is 5. The molecule has 4 atom stereocenters. The summed E-state index contributed by atoms with van der Waals surface area (Å²) in [4.78, 5) is 0. The van der Waals surface area contributed by atoms with Crippen molar-refractivity contribution in [2.24, 2.45) is 5.41 Å². The normalized spacial score (nSPS) is 44.1. The maximum Gasteiger partial charge on any atom is 0.231 e. The number of fused-ring (bicyclic) bond motifs is 2. The van der Waals surface area contributed by atoms with Gasteiger partial charge in [0.2, 0.25) is 6.79 Å². The third kappa shape index (κ3) is 1.37. The van der Waals surface area contributed by atoms with E-state index in [4.69, 9.17) is 23.7 Å². The van der Waals surface area contributed by atoms with Gasteiger partial charge in [-0.3, -0.25) is 0 Å². The van der Waals surface area contributed by atoms with Crippen molar-refractivity contribution in [3.05, 3.63) is 36.1 Å². The van der Waals surface area contributed by atoms with E-state index in [1.165, 1.54) is 12.8 Å². The van der Waals surface area contributed by atoms with Crippen molar-refractivity contribution in [3.63, 3.8) is 0 Å². The summed E-state index contributed by atoms with van der Waals surface area (Å²) in [6.07, 6.45) is 9.31. The van der Waals surface area contributed by atoms with Gasteiger partial charge in [-0.25, -0.2) is 0 Å². The summed E-state index contributed by atoms with van der Waals surface area (Å²) in [5.41, 5.74) is 0.257. The molecular weight excluding hydrogens is 308 g/mol. The van der Waals surface area contributed by atoms with Crippen LogP contribution in [0.2, 0.25) is 0 Å². The minimum absolute atomic E-state index is 0.0659. The van der Waals surface area contributed by atoms with E-state index in [1.54, 1.807) is 0 Å². The Kier molecular flexibility index (Phi) is 2.41. The van der Waals surface area contributed by atoms with Crippen molar-refractivity contribution < 1.29 is 23.7 Å². The van der Waals surface area contributed by atoms with Crippen LogP contribution in [0.4, 0.5) is 0 Å². The molecule has 2 saturated heterocycles. The molecule has 0 amide bonds. The molecule has 1 aliphatic carbocycles. The van der Waals surface area contributed by atoms with Crippen LogP contribution in [0.3, 0.4) is 0 Å². The second-order valence-corrected chi connectivity index (χ2v) is 7.56. The van der Waals surface area contributed by atoms with Gasteiger partial charge in [0.1, 0.15) is 5.60 Å². The summed E-state index contributed by atoms with van der Waals surface area (Å²) in [5.74, 6) is 1.59. The summed E-state index contributed by atoms with van der Waals surface area (Å²) < 4.78 is 30.0. The first-order chi connectivity index (χ1) is 11.8. The van der Waals surface area contributed by atoms with E-state index in [0.717, 1.165) is 36.3 Å². The fraction of sp³-hybridized carbons (Fsp3) is 0.579. The van der Waals surface area contributed by atoms with Crippen molar-refractivity contribution in [1.29, 1.82) is 0 Å². The monoisotopic (exact) mass is 328 g/mol. The van der Waals surface area contributed by atoms with Gasteiger partial charge in [-0.15, -0.1) is 0 Å². The second-order valence-electron chi connectivity index (χ2n) is 7.56. The summed E-state index contributed by atoms with van der Waals surface area (Å²) >= 11 is 0. The van der Waals surface area contributed by atoms with Gasteiger partial charge in [-0.1, -0.05) is 18.9 Å². The highest BCUT2D eigenvalue weighted by Crippen LogP contribution is 2.69. The van der Waals surface area contributed by atoms with E-state index >= 15 is 0 Å². The molecule has 0 radical (unpaired) electrons. The second kappa shape index (κ2) is 4.27. The zero-order valence-electron chi connectivity index (χ0n) is 13.5. The SMILES string of the molecule is C1=C[C@]23CCCC[C@@]24C[C@@H](OC[C@]4(c2ccc4c(c2)OCO4)O1)O3. The molecule has 1 spiro atoms. The van der Waals surface area contributed by atoms with Crippen LogP contribution in [0.25, 0.3) is 0 Å². The van der Waals surface area contributed by atoms with Crippen LogP contribution < -0.4 is 9.47 Å². The fourth-order valence-corrected chi connectivity index (χ4v) is 5.69. The highest BCUT2D eigenvalue weighted by molar-refractivity contribution is 5.48. The molecule has 24 heavy (non-hydrogen) atoms. The summed E-state index contributed by atoms with van der Waals surface area (Å²) in [6, 6.07) is 6.15. The quantitative estimate of drug-likeness (QED) is 0.792. The lowest BCUT2D eigenvalue weighted by atomic mass is 9.52. The standard InChI is InChI=1S/C19H20O5/c1-2-6-18-7-8-23-19(11-20-16(24-18)10-17(18,19)5-1)13-3-4-14-15(9-13)22-12-21-14/h3-4,7-9,16H,1-2,5-6,10-12H2/t16-,17+,18+,19+/m0/s1. The average Bonchev–Trinajstić information content (AvgIpc) is 3.20. The zero-order valence-corrected chi connectivity index (χ0v) is 13.5. The Morgan fingerprint density at radius 1 is 1.04 bits per heavy atom. The maximum atomic E-state index is 6.43. The van der Waals surface area contributed by atoms with Gasteiger partial charge >= 0.3 is 0 Å². The molecule has 5 nitrogen and oxygen atoms in total. The Balaban J connectivity index is 1.57. The van der Waals surface area contributed by atoms with Gasteiger partial charge in [-0.2, -0.15) is 0 Å². The molecule has 1 saturated carbocycles. The Labute approximate surface area is 140 Å². The smallest absolute Gasteiger partial charge is 0.231 e. The van der Waals surface area contributed by atoms with Crippen molar-refractivity contribution in [3.8, 4) is 11.5 Å². The van der Waals surface area contributed by atoms with Crippen molar-refractivity contribution in [2.75, 3.05) is 13.4 Å². The minimum atomic E-state index is -0.518. The third-order valence-corrected chi connectivity index (χ3v) is 6.76. The lowest BCUT2D eigenvalue weighted by Crippen LogP contribution is -2.63. The van der Waals surface area contributed by atoms with Crippen LogP contribution in [0, 0.1) is 5.41 Å². The van der Waals surface area contributed by atoms with Crippen LogP contribution in [0.5, 0.6) is 11.5 Å². The van der Waals surface area contributed by atoms with E-state index in [2.05, 4.69) is 18.2 Å². The molecule has 2 bridgehead atoms. The highest BCUT2D eigenvalue weighted by Gasteiger charge is 2.74. The van der Waals surface area contributed by atoms with Crippen molar-refractivity contribution in [1.82, 2.24) is 0 Å². The molecule has 5 heteroatoms. The Morgan fingerprint density at radius 3 is 2.96 bits per heavy atom. The summed E-state index contributed by atoms with van der Waals surface area (Å²) in [6.45, 7) is 0.798. The topological polar surface area (TPSA) is 46.2 Å². The Bertz CT molecular complexity index is 745. The van der Waals surface area contributed by atoms with Crippen LogP contribution in [-0.2, 0) is 19.8 Å². The fourth-order valence-electron chi connectivity index (χ4n) is 5.69. The molecular formula is C19H20O5. The van der Waals surface area contributed by atoms with Gasteiger partial charge < -0.3 is 23.7 Å². The summed E-state index contributed by atoms with van der Waals surface area (Å²) in [5, 5.41) is 0. The number of hydrogen-bond donors (Lipinski definition) is 0. The maximum absolute atomic E-state index is 6.43. The van der Waals surface area contributed by atoms with Crippen LogP contribution in [0.1, 0.15) is 37.7 Å². The van der Waals surface area contributed by atoms with Gasteiger partial charge in [0.25, 0.3) is 0 Å². The lowest BCUT2D eigenvalue weighted by Gasteiger charge is -2.58. The van der Waals surface area contributed by atoms with Gasteiger partial charge in [0.05, 0.1) is 18.3 Å². The molecule has 5 aliphatic rings. The zero-order chi connectivity index (χ0) is 15.8. The predicted octanol–water partition coefficient (Wildman–Crippen LogP) is 3.23. The van der Waals surface area contributed by atoms with E-state index in [1.807, 2.05) is 12.3 Å². The minimum Gasteiger partial charge on any atom is -0.487 e. The van der Waals surface area contributed by atoms with Gasteiger partial charge in [0.15, 0.2) is 23.4 Å². The van der Waals surface area contributed by atoms with E-state index in [-0.39, 0.29) is 24.1 Å². The van der Waals surface area contributed by atoms with E-state index < -0.39 is 5.60 Å².